The normalized spacial score (nSPS) is 11.0. The molecule has 0 aliphatic carbocycles. The third kappa shape index (κ3) is 3.54. The molecule has 7 nitrogen and oxygen atoms in total. The van der Waals surface area contributed by atoms with Crippen LogP contribution in [-0.2, 0) is 16.1 Å². The Bertz CT molecular complexity index is 957. The van der Waals surface area contributed by atoms with Crippen molar-refractivity contribution in [1.82, 2.24) is 9.61 Å². The van der Waals surface area contributed by atoms with Gasteiger partial charge >= 0.3 is 5.97 Å². The lowest BCUT2D eigenvalue weighted by molar-refractivity contribution is 0.0528. The summed E-state index contributed by atoms with van der Waals surface area (Å²) in [5.74, 6) is 0.845. The van der Waals surface area contributed by atoms with E-state index in [2.05, 4.69) is 21.0 Å². The number of halogens is 1. The maximum atomic E-state index is 12.3. The first-order valence-electron chi connectivity index (χ1n) is 8.12. The Morgan fingerprint density at radius 3 is 2.44 bits per heavy atom. The van der Waals surface area contributed by atoms with Gasteiger partial charge in [-0.3, -0.25) is 0 Å². The number of hydrogen-bond donors (Lipinski definition) is 0. The molecule has 0 saturated carbocycles. The van der Waals surface area contributed by atoms with Crippen molar-refractivity contribution in [3.8, 4) is 22.8 Å². The molecule has 1 aromatic carbocycles. The molecule has 0 aliphatic heterocycles. The van der Waals surface area contributed by atoms with Crippen molar-refractivity contribution in [2.24, 2.45) is 0 Å². The largest absolute Gasteiger partial charge is 0.496 e. The summed E-state index contributed by atoms with van der Waals surface area (Å²) in [4.78, 5) is 13.0. The minimum atomic E-state index is -0.415. The molecule has 0 amide bonds. The summed E-state index contributed by atoms with van der Waals surface area (Å²) in [6.45, 7) is 2.50. The first-order chi connectivity index (χ1) is 13.0. The maximum Gasteiger partial charge on any atom is 0.344 e. The molecule has 0 fully saturated rings. The van der Waals surface area contributed by atoms with Crippen molar-refractivity contribution < 1.29 is 23.7 Å². The third-order valence-corrected chi connectivity index (χ3v) is 5.42. The Morgan fingerprint density at radius 1 is 1.22 bits per heavy atom. The number of carbonyl (C=O) groups is 1. The summed E-state index contributed by atoms with van der Waals surface area (Å²) in [6.07, 6.45) is 0. The molecule has 3 aromatic rings. The lowest BCUT2D eigenvalue weighted by Crippen LogP contribution is -2.04. The van der Waals surface area contributed by atoms with Crippen molar-refractivity contribution in [1.29, 1.82) is 0 Å². The first-order valence-corrected chi connectivity index (χ1v) is 9.79. The zero-order chi connectivity index (χ0) is 19.6. The van der Waals surface area contributed by atoms with Crippen LogP contribution in [0.3, 0.4) is 0 Å². The van der Waals surface area contributed by atoms with E-state index in [-0.39, 0.29) is 0 Å². The van der Waals surface area contributed by atoms with E-state index in [9.17, 15) is 4.79 Å². The van der Waals surface area contributed by atoms with Gasteiger partial charge in [0.1, 0.15) is 26.5 Å². The quantitative estimate of drug-likeness (QED) is 0.499. The number of aromatic nitrogens is 2. The van der Waals surface area contributed by atoms with Crippen LogP contribution in [0, 0.1) is 0 Å². The number of esters is 1. The molecule has 0 radical (unpaired) electrons. The van der Waals surface area contributed by atoms with Gasteiger partial charge < -0.3 is 18.9 Å². The van der Waals surface area contributed by atoms with E-state index in [1.165, 1.54) is 11.3 Å². The highest BCUT2D eigenvalue weighted by Gasteiger charge is 2.25. The van der Waals surface area contributed by atoms with Gasteiger partial charge in [-0.1, -0.05) is 0 Å². The molecule has 9 heteroatoms. The maximum absolute atomic E-state index is 12.3. The lowest BCUT2D eigenvalue weighted by Gasteiger charge is -2.14. The first kappa shape index (κ1) is 19.7. The zero-order valence-corrected chi connectivity index (χ0v) is 17.8. The van der Waals surface area contributed by atoms with E-state index in [1.54, 1.807) is 32.8 Å². The highest BCUT2D eigenvalue weighted by molar-refractivity contribution is 9.10. The Morgan fingerprint density at radius 2 is 1.89 bits per heavy atom. The van der Waals surface area contributed by atoms with Crippen molar-refractivity contribution in [2.45, 2.75) is 13.5 Å². The second kappa shape index (κ2) is 8.28. The van der Waals surface area contributed by atoms with Crippen LogP contribution in [0.1, 0.15) is 22.8 Å². The standard InChI is InChI=1S/C18H19BrN2O5S/c1-5-26-18(22)15-16(19)20-21-11(9-27-17(15)21)14-12(24-3)6-10(8-23-2)7-13(14)25-4/h6-7,9H,5,8H2,1-4H3. The van der Waals surface area contributed by atoms with Gasteiger partial charge in [0.15, 0.2) is 0 Å². The van der Waals surface area contributed by atoms with Crippen LogP contribution in [-0.4, -0.2) is 43.5 Å². The number of ether oxygens (including phenoxy) is 4. The molecule has 3 rings (SSSR count). The fourth-order valence-corrected chi connectivity index (χ4v) is 4.44. The van der Waals surface area contributed by atoms with E-state index < -0.39 is 5.97 Å². The molecule has 2 heterocycles. The van der Waals surface area contributed by atoms with Gasteiger partial charge in [0.2, 0.25) is 0 Å². The van der Waals surface area contributed by atoms with E-state index in [0.29, 0.717) is 39.7 Å². The molecule has 0 bridgehead atoms. The zero-order valence-electron chi connectivity index (χ0n) is 15.4. The minimum Gasteiger partial charge on any atom is -0.496 e. The Kier molecular flexibility index (Phi) is 6.03. The van der Waals surface area contributed by atoms with Crippen LogP contribution in [0.5, 0.6) is 11.5 Å². The lowest BCUT2D eigenvalue weighted by atomic mass is 10.1. The fraction of sp³-hybridized carbons (Fsp3) is 0.333. The van der Waals surface area contributed by atoms with E-state index in [4.69, 9.17) is 18.9 Å². The molecule has 0 atom stereocenters. The van der Waals surface area contributed by atoms with Crippen LogP contribution < -0.4 is 9.47 Å². The second-order valence-corrected chi connectivity index (χ2v) is 7.14. The van der Waals surface area contributed by atoms with Gasteiger partial charge in [-0.15, -0.1) is 11.3 Å². The SMILES string of the molecule is CCOC(=O)c1c(Br)nn2c(-c3c(OC)cc(COC)cc3OC)csc12. The molecule has 0 spiro atoms. The summed E-state index contributed by atoms with van der Waals surface area (Å²) >= 11 is 4.76. The number of methoxy groups -OCH3 is 3. The predicted molar refractivity (Wildman–Crippen MR) is 106 cm³/mol. The van der Waals surface area contributed by atoms with E-state index in [0.717, 1.165) is 16.8 Å². The topological polar surface area (TPSA) is 71.3 Å². The molecule has 0 N–H and O–H groups in total. The van der Waals surface area contributed by atoms with Gasteiger partial charge in [0.05, 0.1) is 38.7 Å². The molecule has 144 valence electrons. The minimum absolute atomic E-state index is 0.295. The molecule has 0 aliphatic rings. The van der Waals surface area contributed by atoms with Crippen LogP contribution in [0.25, 0.3) is 16.1 Å². The summed E-state index contributed by atoms with van der Waals surface area (Å²) < 4.78 is 23.7. The van der Waals surface area contributed by atoms with Crippen molar-refractivity contribution >= 4 is 38.1 Å². The average molecular weight is 455 g/mol. The van der Waals surface area contributed by atoms with Crippen LogP contribution in [0.15, 0.2) is 22.1 Å². The molecule has 27 heavy (non-hydrogen) atoms. The van der Waals surface area contributed by atoms with Crippen molar-refractivity contribution in [2.75, 3.05) is 27.9 Å². The van der Waals surface area contributed by atoms with Crippen LogP contribution in [0.2, 0.25) is 0 Å². The fourth-order valence-electron chi connectivity index (χ4n) is 2.82. The number of carbonyl (C=O) groups excluding carboxylic acids is 1. The molecular formula is C18H19BrN2O5S. The van der Waals surface area contributed by atoms with Crippen LogP contribution >= 0.6 is 27.3 Å². The summed E-state index contributed by atoms with van der Waals surface area (Å²) in [5.41, 5.74) is 2.83. The number of hydrogen-bond acceptors (Lipinski definition) is 7. The third-order valence-electron chi connectivity index (χ3n) is 3.92. The monoisotopic (exact) mass is 454 g/mol. The second-order valence-electron chi connectivity index (χ2n) is 5.53. The van der Waals surface area contributed by atoms with Gasteiger partial charge in [0, 0.05) is 12.5 Å². The van der Waals surface area contributed by atoms with Crippen molar-refractivity contribution in [3.63, 3.8) is 0 Å². The number of nitrogens with zero attached hydrogens (tertiary/aromatic N) is 2. The summed E-state index contributed by atoms with van der Waals surface area (Å²) in [7, 11) is 4.83. The molecule has 0 unspecified atom stereocenters. The van der Waals surface area contributed by atoms with E-state index in [1.807, 2.05) is 17.5 Å². The highest BCUT2D eigenvalue weighted by Crippen LogP contribution is 2.42. The molecule has 0 saturated heterocycles. The smallest absolute Gasteiger partial charge is 0.344 e. The Labute approximate surface area is 168 Å². The number of fused-ring (bicyclic) bond motifs is 1. The van der Waals surface area contributed by atoms with Gasteiger partial charge in [-0.05, 0) is 40.5 Å². The molecule has 2 aromatic heterocycles. The average Bonchev–Trinajstić information content (AvgIpc) is 3.19. The van der Waals surface area contributed by atoms with E-state index >= 15 is 0 Å². The van der Waals surface area contributed by atoms with Gasteiger partial charge in [-0.2, -0.15) is 5.10 Å². The summed E-state index contributed by atoms with van der Waals surface area (Å²) in [5, 5.41) is 6.38. The Hall–Kier alpha value is -2.10. The van der Waals surface area contributed by atoms with Crippen molar-refractivity contribution in [3.05, 3.63) is 33.2 Å². The Balaban J connectivity index is 2.21. The van der Waals surface area contributed by atoms with Gasteiger partial charge in [0.25, 0.3) is 0 Å². The van der Waals surface area contributed by atoms with Crippen LogP contribution in [0.4, 0.5) is 0 Å². The highest BCUT2D eigenvalue weighted by atomic mass is 79.9. The number of thiazole rings is 1. The number of benzene rings is 1. The van der Waals surface area contributed by atoms with Gasteiger partial charge in [-0.25, -0.2) is 9.31 Å². The predicted octanol–water partition coefficient (Wildman–Crippen LogP) is 4.17. The number of rotatable bonds is 7. The molecular weight excluding hydrogens is 436 g/mol. The summed E-state index contributed by atoms with van der Waals surface area (Å²) in [6, 6.07) is 3.80.